The van der Waals surface area contributed by atoms with Crippen molar-refractivity contribution < 1.29 is 9.84 Å². The number of ether oxygens (including phenoxy) is 1. The normalized spacial score (nSPS) is 15.6. The number of piperazine rings is 1. The van der Waals surface area contributed by atoms with Gasteiger partial charge in [0.15, 0.2) is 0 Å². The Bertz CT molecular complexity index is 801. The van der Waals surface area contributed by atoms with Gasteiger partial charge in [0.1, 0.15) is 18.5 Å². The number of aliphatic hydroxyl groups is 1. The molecule has 1 saturated heterocycles. The van der Waals surface area contributed by atoms with Gasteiger partial charge < -0.3 is 14.7 Å². The van der Waals surface area contributed by atoms with Gasteiger partial charge >= 0.3 is 0 Å². The summed E-state index contributed by atoms with van der Waals surface area (Å²) < 4.78 is 5.79. The Morgan fingerprint density at radius 1 is 1.00 bits per heavy atom. The largest absolute Gasteiger partial charge is 0.491 e. The van der Waals surface area contributed by atoms with Crippen molar-refractivity contribution in [2.24, 2.45) is 0 Å². The molecule has 7 heteroatoms. The van der Waals surface area contributed by atoms with E-state index in [4.69, 9.17) is 16.3 Å². The van der Waals surface area contributed by atoms with E-state index >= 15 is 0 Å². The second kappa shape index (κ2) is 12.2. The summed E-state index contributed by atoms with van der Waals surface area (Å²) in [4.78, 5) is 4.67. The first-order valence-electron chi connectivity index (χ1n) is 10.4. The fraction of sp³-hybridized carbons (Fsp3) is 0.500. The zero-order chi connectivity index (χ0) is 21.0. The Kier molecular flexibility index (Phi) is 10.9. The smallest absolute Gasteiger partial charge is 0.119 e. The average molecular weight is 490 g/mol. The van der Waals surface area contributed by atoms with E-state index in [0.29, 0.717) is 13.2 Å². The second-order valence-electron chi connectivity index (χ2n) is 8.96. The van der Waals surface area contributed by atoms with E-state index in [-0.39, 0.29) is 30.2 Å². The Labute approximate surface area is 204 Å². The highest BCUT2D eigenvalue weighted by molar-refractivity contribution is 6.30. The number of benzene rings is 2. The number of aryl methyl sites for hydroxylation is 1. The first-order chi connectivity index (χ1) is 13.7. The first-order valence-corrected chi connectivity index (χ1v) is 10.7. The van der Waals surface area contributed by atoms with Crippen LogP contribution in [0.3, 0.4) is 0 Å². The number of anilines is 1. The standard InChI is InChI=1S/C24H33ClN2O2.2ClH/c1-18-5-8-20(25)15-23(18)27-13-11-26(12-14-27)16-21(28)17-29-22-9-6-19(7-10-22)24(2,3)4;;/h5-10,15,21,28H,11-14,16-17H2,1-4H3;2*1H. The molecule has 174 valence electrons. The van der Waals surface area contributed by atoms with Gasteiger partial charge in [-0.15, -0.1) is 24.8 Å². The summed E-state index contributed by atoms with van der Waals surface area (Å²) >= 11 is 6.17. The van der Waals surface area contributed by atoms with Crippen molar-refractivity contribution in [2.45, 2.75) is 39.2 Å². The molecule has 0 bridgehead atoms. The number of β-amino-alcohol motifs (C(OH)–C–C–N with tert-alkyl or cyclic N) is 1. The molecule has 4 nitrogen and oxygen atoms in total. The van der Waals surface area contributed by atoms with Gasteiger partial charge in [-0.25, -0.2) is 0 Å². The van der Waals surface area contributed by atoms with Crippen molar-refractivity contribution in [3.63, 3.8) is 0 Å². The first kappa shape index (κ1) is 27.9. The molecule has 0 spiro atoms. The van der Waals surface area contributed by atoms with Crippen LogP contribution in [-0.2, 0) is 5.41 Å². The van der Waals surface area contributed by atoms with Crippen LogP contribution in [0.15, 0.2) is 42.5 Å². The molecule has 2 aromatic rings. The summed E-state index contributed by atoms with van der Waals surface area (Å²) in [6.45, 7) is 13.3. The van der Waals surface area contributed by atoms with E-state index in [1.807, 2.05) is 24.3 Å². The van der Waals surface area contributed by atoms with Crippen LogP contribution in [0.2, 0.25) is 5.02 Å². The van der Waals surface area contributed by atoms with Crippen LogP contribution in [-0.4, -0.2) is 55.4 Å². The minimum Gasteiger partial charge on any atom is -0.491 e. The molecule has 0 amide bonds. The van der Waals surface area contributed by atoms with Crippen molar-refractivity contribution in [2.75, 3.05) is 44.2 Å². The maximum absolute atomic E-state index is 10.4. The average Bonchev–Trinajstić information content (AvgIpc) is 2.68. The maximum atomic E-state index is 10.4. The van der Waals surface area contributed by atoms with Crippen LogP contribution in [0, 0.1) is 6.92 Å². The molecule has 2 aromatic carbocycles. The minimum absolute atomic E-state index is 0. The predicted molar refractivity (Wildman–Crippen MR) is 136 cm³/mol. The molecule has 1 fully saturated rings. The molecule has 1 aliphatic rings. The summed E-state index contributed by atoms with van der Waals surface area (Å²) in [5.41, 5.74) is 3.86. The van der Waals surface area contributed by atoms with E-state index in [1.165, 1.54) is 16.8 Å². The summed E-state index contributed by atoms with van der Waals surface area (Å²) in [6, 6.07) is 14.2. The van der Waals surface area contributed by atoms with Crippen molar-refractivity contribution in [1.82, 2.24) is 4.90 Å². The Morgan fingerprint density at radius 2 is 1.61 bits per heavy atom. The second-order valence-corrected chi connectivity index (χ2v) is 9.39. The third-order valence-corrected chi connectivity index (χ3v) is 5.75. The zero-order valence-corrected chi connectivity index (χ0v) is 21.2. The Balaban J connectivity index is 0.00000240. The van der Waals surface area contributed by atoms with E-state index in [1.54, 1.807) is 0 Å². The van der Waals surface area contributed by atoms with Crippen LogP contribution in [0.25, 0.3) is 0 Å². The molecule has 0 aromatic heterocycles. The summed E-state index contributed by atoms with van der Waals surface area (Å²) in [5.74, 6) is 0.804. The van der Waals surface area contributed by atoms with Gasteiger partial charge in [-0.2, -0.15) is 0 Å². The summed E-state index contributed by atoms with van der Waals surface area (Å²) in [6.07, 6.45) is -0.503. The lowest BCUT2D eigenvalue weighted by Crippen LogP contribution is -2.49. The van der Waals surface area contributed by atoms with Crippen molar-refractivity contribution in [1.29, 1.82) is 0 Å². The lowest BCUT2D eigenvalue weighted by Gasteiger charge is -2.37. The van der Waals surface area contributed by atoms with Gasteiger partial charge in [0.2, 0.25) is 0 Å². The van der Waals surface area contributed by atoms with Crippen LogP contribution < -0.4 is 9.64 Å². The van der Waals surface area contributed by atoms with Gasteiger partial charge in [0.25, 0.3) is 0 Å². The fourth-order valence-corrected chi connectivity index (χ4v) is 3.86. The van der Waals surface area contributed by atoms with Gasteiger partial charge in [0, 0.05) is 43.4 Å². The predicted octanol–water partition coefficient (Wildman–Crippen LogP) is 5.35. The molecule has 0 aliphatic carbocycles. The monoisotopic (exact) mass is 488 g/mol. The number of nitrogens with zero attached hydrogens (tertiary/aromatic N) is 2. The molecular weight excluding hydrogens is 455 g/mol. The van der Waals surface area contributed by atoms with Crippen molar-refractivity contribution in [3.8, 4) is 5.75 Å². The lowest BCUT2D eigenvalue weighted by atomic mass is 9.87. The highest BCUT2D eigenvalue weighted by Crippen LogP contribution is 2.26. The van der Waals surface area contributed by atoms with Crippen molar-refractivity contribution in [3.05, 3.63) is 58.6 Å². The molecule has 0 radical (unpaired) electrons. The van der Waals surface area contributed by atoms with Crippen molar-refractivity contribution >= 4 is 42.1 Å². The highest BCUT2D eigenvalue weighted by atomic mass is 35.5. The van der Waals surface area contributed by atoms with Gasteiger partial charge in [-0.05, 0) is 47.7 Å². The van der Waals surface area contributed by atoms with Crippen LogP contribution in [0.4, 0.5) is 5.69 Å². The molecule has 31 heavy (non-hydrogen) atoms. The molecule has 1 aliphatic heterocycles. The molecule has 3 rings (SSSR count). The fourth-order valence-electron chi connectivity index (χ4n) is 3.69. The molecule has 1 unspecified atom stereocenters. The Hall–Kier alpha value is -1.17. The minimum atomic E-state index is -0.503. The van der Waals surface area contributed by atoms with Crippen LogP contribution >= 0.6 is 36.4 Å². The number of rotatable bonds is 6. The highest BCUT2D eigenvalue weighted by Gasteiger charge is 2.21. The quantitative estimate of drug-likeness (QED) is 0.593. The molecule has 1 heterocycles. The maximum Gasteiger partial charge on any atom is 0.119 e. The van der Waals surface area contributed by atoms with Crippen LogP contribution in [0.5, 0.6) is 5.75 Å². The Morgan fingerprint density at radius 3 is 2.19 bits per heavy atom. The zero-order valence-electron chi connectivity index (χ0n) is 18.8. The third-order valence-electron chi connectivity index (χ3n) is 5.52. The van der Waals surface area contributed by atoms with E-state index in [2.05, 4.69) is 55.7 Å². The molecule has 0 saturated carbocycles. The van der Waals surface area contributed by atoms with Gasteiger partial charge in [-0.3, -0.25) is 4.90 Å². The lowest BCUT2D eigenvalue weighted by molar-refractivity contribution is 0.0663. The summed E-state index contributed by atoms with van der Waals surface area (Å²) in [7, 11) is 0. The molecular formula is C24H35Cl3N2O2. The third kappa shape index (κ3) is 8.03. The number of hydrogen-bond donors (Lipinski definition) is 1. The van der Waals surface area contributed by atoms with Gasteiger partial charge in [-0.1, -0.05) is 50.6 Å². The van der Waals surface area contributed by atoms with Gasteiger partial charge in [0.05, 0.1) is 0 Å². The van der Waals surface area contributed by atoms with Crippen LogP contribution in [0.1, 0.15) is 31.9 Å². The van der Waals surface area contributed by atoms with E-state index < -0.39 is 6.10 Å². The number of hydrogen-bond acceptors (Lipinski definition) is 4. The number of aliphatic hydroxyl groups excluding tert-OH is 1. The molecule has 1 N–H and O–H groups in total. The van der Waals surface area contributed by atoms with E-state index in [9.17, 15) is 5.11 Å². The SMILES string of the molecule is Cc1ccc(Cl)cc1N1CCN(CC(O)COc2ccc(C(C)(C)C)cc2)CC1.Cl.Cl. The number of halogens is 3. The summed E-state index contributed by atoms with van der Waals surface area (Å²) in [5, 5.41) is 11.2. The topological polar surface area (TPSA) is 35.9 Å². The molecule has 1 atom stereocenters. The van der Waals surface area contributed by atoms with E-state index in [0.717, 1.165) is 37.0 Å².